The average Bonchev–Trinajstić information content (AvgIpc) is 2.31. The molecule has 1 aromatic rings. The second-order valence-electron chi connectivity index (χ2n) is 4.45. The predicted octanol–water partition coefficient (Wildman–Crippen LogP) is 2.59. The summed E-state index contributed by atoms with van der Waals surface area (Å²) in [5.74, 6) is -1.30. The molecule has 0 aromatic heterocycles. The summed E-state index contributed by atoms with van der Waals surface area (Å²) in [5, 5.41) is 4.62. The van der Waals surface area contributed by atoms with Crippen molar-refractivity contribution in [2.45, 2.75) is 32.9 Å². The Morgan fingerprint density at radius 3 is 2.50 bits per heavy atom. The summed E-state index contributed by atoms with van der Waals surface area (Å²) in [6, 6.07) is 3.51. The van der Waals surface area contributed by atoms with Crippen molar-refractivity contribution in [2.75, 3.05) is 0 Å². The maximum atomic E-state index is 13.5. The number of amides is 3. The first-order chi connectivity index (χ1) is 9.29. The number of urea groups is 1. The zero-order chi connectivity index (χ0) is 15.3. The van der Waals surface area contributed by atoms with Crippen molar-refractivity contribution in [1.29, 1.82) is 0 Å². The van der Waals surface area contributed by atoms with Crippen LogP contribution in [0.4, 0.5) is 9.18 Å². The standard InChI is InChI=1S/C13H16BrFN2O3/c1-7(2)16-13(19)17-12(18)8(3)20-11-5-4-9(14)6-10(11)15/h4-8H,1-3H3,(H2,16,17,18,19)/t8-/m0/s1. The van der Waals surface area contributed by atoms with E-state index < -0.39 is 23.9 Å². The van der Waals surface area contributed by atoms with Gasteiger partial charge in [-0.05, 0) is 39.0 Å². The first-order valence-electron chi connectivity index (χ1n) is 6.02. The van der Waals surface area contributed by atoms with E-state index in [0.717, 1.165) is 0 Å². The van der Waals surface area contributed by atoms with Gasteiger partial charge < -0.3 is 10.1 Å². The molecule has 5 nitrogen and oxygen atoms in total. The monoisotopic (exact) mass is 346 g/mol. The fourth-order valence-corrected chi connectivity index (χ4v) is 1.66. The van der Waals surface area contributed by atoms with Gasteiger partial charge in [0.05, 0.1) is 0 Å². The molecular formula is C13H16BrFN2O3. The third-order valence-electron chi connectivity index (χ3n) is 2.22. The number of carbonyl (C=O) groups is 2. The maximum Gasteiger partial charge on any atom is 0.321 e. The average molecular weight is 347 g/mol. The first-order valence-corrected chi connectivity index (χ1v) is 6.82. The van der Waals surface area contributed by atoms with E-state index in [9.17, 15) is 14.0 Å². The number of benzene rings is 1. The van der Waals surface area contributed by atoms with Crippen molar-refractivity contribution in [3.8, 4) is 5.75 Å². The molecule has 0 heterocycles. The molecule has 0 bridgehead atoms. The second-order valence-corrected chi connectivity index (χ2v) is 5.37. The van der Waals surface area contributed by atoms with Crippen LogP contribution < -0.4 is 15.4 Å². The quantitative estimate of drug-likeness (QED) is 0.880. The van der Waals surface area contributed by atoms with E-state index in [4.69, 9.17) is 4.74 Å². The zero-order valence-corrected chi connectivity index (χ0v) is 13.0. The van der Waals surface area contributed by atoms with Gasteiger partial charge in [-0.25, -0.2) is 9.18 Å². The Hall–Kier alpha value is -1.63. The highest BCUT2D eigenvalue weighted by Crippen LogP contribution is 2.22. The van der Waals surface area contributed by atoms with E-state index in [1.165, 1.54) is 19.1 Å². The molecule has 0 aliphatic heterocycles. The molecule has 0 aliphatic rings. The molecule has 1 rings (SSSR count). The van der Waals surface area contributed by atoms with Crippen molar-refractivity contribution in [3.63, 3.8) is 0 Å². The Kier molecular flexibility index (Phi) is 5.94. The SMILES string of the molecule is CC(C)NC(=O)NC(=O)[C@H](C)Oc1ccc(Br)cc1F. The second kappa shape index (κ2) is 7.23. The van der Waals surface area contributed by atoms with Crippen LogP contribution in [-0.4, -0.2) is 24.1 Å². The number of nitrogens with one attached hydrogen (secondary N) is 2. The van der Waals surface area contributed by atoms with Crippen molar-refractivity contribution in [1.82, 2.24) is 10.6 Å². The van der Waals surface area contributed by atoms with Gasteiger partial charge in [0.15, 0.2) is 17.7 Å². The molecule has 0 unspecified atom stereocenters. The Bertz CT molecular complexity index is 508. The zero-order valence-electron chi connectivity index (χ0n) is 11.4. The van der Waals surface area contributed by atoms with Crippen molar-refractivity contribution < 1.29 is 18.7 Å². The van der Waals surface area contributed by atoms with E-state index >= 15 is 0 Å². The van der Waals surface area contributed by atoms with Crippen LogP contribution in [0.1, 0.15) is 20.8 Å². The smallest absolute Gasteiger partial charge is 0.321 e. The summed E-state index contributed by atoms with van der Waals surface area (Å²) in [4.78, 5) is 23.0. The van der Waals surface area contributed by atoms with E-state index in [2.05, 4.69) is 26.6 Å². The van der Waals surface area contributed by atoms with Crippen LogP contribution in [0.25, 0.3) is 0 Å². The number of imide groups is 1. The molecule has 7 heteroatoms. The molecule has 0 fully saturated rings. The number of halogens is 2. The number of hydrogen-bond donors (Lipinski definition) is 2. The summed E-state index contributed by atoms with van der Waals surface area (Å²) < 4.78 is 19.3. The van der Waals surface area contributed by atoms with Gasteiger partial charge in [-0.1, -0.05) is 15.9 Å². The molecular weight excluding hydrogens is 331 g/mol. The van der Waals surface area contributed by atoms with Gasteiger partial charge in [0.2, 0.25) is 0 Å². The van der Waals surface area contributed by atoms with Gasteiger partial charge in [0, 0.05) is 10.5 Å². The minimum Gasteiger partial charge on any atom is -0.478 e. The fourth-order valence-electron chi connectivity index (χ4n) is 1.33. The lowest BCUT2D eigenvalue weighted by atomic mass is 10.3. The van der Waals surface area contributed by atoms with E-state index in [1.807, 2.05) is 0 Å². The molecule has 1 aromatic carbocycles. The largest absolute Gasteiger partial charge is 0.478 e. The number of hydrogen-bond acceptors (Lipinski definition) is 3. The maximum absolute atomic E-state index is 13.5. The lowest BCUT2D eigenvalue weighted by Crippen LogP contribution is -2.47. The molecule has 20 heavy (non-hydrogen) atoms. The highest BCUT2D eigenvalue weighted by Gasteiger charge is 2.19. The van der Waals surface area contributed by atoms with Gasteiger partial charge in [-0.2, -0.15) is 0 Å². The molecule has 110 valence electrons. The van der Waals surface area contributed by atoms with Crippen LogP contribution in [0.3, 0.4) is 0 Å². The van der Waals surface area contributed by atoms with E-state index in [1.54, 1.807) is 19.9 Å². The summed E-state index contributed by atoms with van der Waals surface area (Å²) >= 11 is 3.12. The van der Waals surface area contributed by atoms with Crippen molar-refractivity contribution in [3.05, 3.63) is 28.5 Å². The Balaban J connectivity index is 2.59. The van der Waals surface area contributed by atoms with Crippen LogP contribution in [0.2, 0.25) is 0 Å². The Labute approximate surface area is 125 Å². The Morgan fingerprint density at radius 2 is 1.95 bits per heavy atom. The van der Waals surface area contributed by atoms with Gasteiger partial charge in [0.25, 0.3) is 5.91 Å². The van der Waals surface area contributed by atoms with Crippen molar-refractivity contribution >= 4 is 27.9 Å². The topological polar surface area (TPSA) is 67.4 Å². The normalized spacial score (nSPS) is 11.9. The predicted molar refractivity (Wildman–Crippen MR) is 76.0 cm³/mol. The molecule has 0 radical (unpaired) electrons. The first kappa shape index (κ1) is 16.4. The fraction of sp³-hybridized carbons (Fsp3) is 0.385. The summed E-state index contributed by atoms with van der Waals surface area (Å²) in [5.41, 5.74) is 0. The van der Waals surface area contributed by atoms with Crippen LogP contribution >= 0.6 is 15.9 Å². The van der Waals surface area contributed by atoms with Gasteiger partial charge in [-0.3, -0.25) is 10.1 Å². The van der Waals surface area contributed by atoms with E-state index in [-0.39, 0.29) is 11.8 Å². The van der Waals surface area contributed by atoms with Crippen LogP contribution in [0.5, 0.6) is 5.75 Å². The lowest BCUT2D eigenvalue weighted by Gasteiger charge is -2.15. The third kappa shape index (κ3) is 5.16. The van der Waals surface area contributed by atoms with Gasteiger partial charge in [0.1, 0.15) is 0 Å². The minimum absolute atomic E-state index is 0.0554. The molecule has 0 saturated heterocycles. The number of ether oxygens (including phenoxy) is 1. The highest BCUT2D eigenvalue weighted by atomic mass is 79.9. The highest BCUT2D eigenvalue weighted by molar-refractivity contribution is 9.10. The minimum atomic E-state index is -0.997. The van der Waals surface area contributed by atoms with Crippen LogP contribution in [-0.2, 0) is 4.79 Å². The molecule has 0 spiro atoms. The molecule has 3 amide bonds. The van der Waals surface area contributed by atoms with Crippen LogP contribution in [0, 0.1) is 5.82 Å². The summed E-state index contributed by atoms with van der Waals surface area (Å²) in [6.07, 6.45) is -0.997. The number of carbonyl (C=O) groups excluding carboxylic acids is 2. The molecule has 0 saturated carbocycles. The molecule has 0 aliphatic carbocycles. The molecule has 2 N–H and O–H groups in total. The number of rotatable bonds is 4. The Morgan fingerprint density at radius 1 is 1.30 bits per heavy atom. The lowest BCUT2D eigenvalue weighted by molar-refractivity contribution is -0.126. The summed E-state index contributed by atoms with van der Waals surface area (Å²) in [6.45, 7) is 4.96. The third-order valence-corrected chi connectivity index (χ3v) is 2.72. The van der Waals surface area contributed by atoms with Crippen molar-refractivity contribution in [2.24, 2.45) is 0 Å². The van der Waals surface area contributed by atoms with Crippen LogP contribution in [0.15, 0.2) is 22.7 Å². The van der Waals surface area contributed by atoms with Gasteiger partial charge in [-0.15, -0.1) is 0 Å². The molecule has 1 atom stereocenters. The van der Waals surface area contributed by atoms with Gasteiger partial charge >= 0.3 is 6.03 Å². The summed E-state index contributed by atoms with van der Waals surface area (Å²) in [7, 11) is 0. The van der Waals surface area contributed by atoms with E-state index in [0.29, 0.717) is 4.47 Å².